The lowest BCUT2D eigenvalue weighted by Gasteiger charge is -2.14. The Balaban J connectivity index is 3.44. The fraction of sp³-hybridized carbons (Fsp3) is 0.300. The zero-order valence-electron chi connectivity index (χ0n) is 8.49. The second-order valence-corrected chi connectivity index (χ2v) is 3.58. The molecule has 0 aromatic heterocycles. The van der Waals surface area contributed by atoms with E-state index in [0.717, 1.165) is 0 Å². The summed E-state index contributed by atoms with van der Waals surface area (Å²) in [6.07, 6.45) is -9.74. The summed E-state index contributed by atoms with van der Waals surface area (Å²) in [6, 6.07) is 0.657. The summed E-state index contributed by atoms with van der Waals surface area (Å²) >= 11 is 5.08. The first-order valence-corrected chi connectivity index (χ1v) is 4.98. The molecule has 0 saturated carbocycles. The molecule has 0 amide bonds. The number of benzene rings is 1. The van der Waals surface area contributed by atoms with Crippen LogP contribution in [0, 0.1) is 0 Å². The predicted molar refractivity (Wildman–Crippen MR) is 51.5 cm³/mol. The van der Waals surface area contributed by atoms with Crippen molar-refractivity contribution in [3.05, 3.63) is 34.9 Å². The van der Waals surface area contributed by atoms with Crippen molar-refractivity contribution >= 4 is 17.4 Å². The molecule has 1 rings (SSSR count). The summed E-state index contributed by atoms with van der Waals surface area (Å²) in [4.78, 5) is 11.2. The maximum Gasteiger partial charge on any atom is 0.417 e. The lowest BCUT2D eigenvalue weighted by molar-refractivity contribution is -0.141. The van der Waals surface area contributed by atoms with E-state index in [9.17, 15) is 31.1 Å². The molecule has 0 aliphatic rings. The number of halogens is 7. The molecule has 0 atom stereocenters. The molecule has 0 saturated heterocycles. The third-order valence-corrected chi connectivity index (χ3v) is 2.32. The second-order valence-electron chi connectivity index (χ2n) is 3.31. The standard InChI is InChI=1S/C10H5ClF6O/c11-4-8(18)6-3-5(9(12,13)14)1-2-7(6)10(15,16)17/h1-3H,4H2. The van der Waals surface area contributed by atoms with E-state index in [-0.39, 0.29) is 18.2 Å². The van der Waals surface area contributed by atoms with Crippen molar-refractivity contribution in [2.24, 2.45) is 0 Å². The van der Waals surface area contributed by atoms with E-state index in [1.54, 1.807) is 0 Å². The first-order valence-electron chi connectivity index (χ1n) is 4.45. The van der Waals surface area contributed by atoms with Crippen LogP contribution in [0.1, 0.15) is 21.5 Å². The number of Topliss-reactive ketones (excluding diaryl/α,β-unsaturated/α-hetero) is 1. The van der Waals surface area contributed by atoms with Crippen LogP contribution >= 0.6 is 11.6 Å². The molecule has 8 heteroatoms. The van der Waals surface area contributed by atoms with E-state index in [0.29, 0.717) is 0 Å². The van der Waals surface area contributed by atoms with Gasteiger partial charge in [0.05, 0.1) is 17.0 Å². The Bertz CT molecular complexity index is 462. The van der Waals surface area contributed by atoms with Gasteiger partial charge in [-0.25, -0.2) is 0 Å². The third-order valence-electron chi connectivity index (χ3n) is 2.07. The van der Waals surface area contributed by atoms with Gasteiger partial charge in [-0.05, 0) is 18.2 Å². The first kappa shape index (κ1) is 14.8. The Morgan fingerprint density at radius 3 is 2.00 bits per heavy atom. The minimum atomic E-state index is -4.92. The van der Waals surface area contributed by atoms with Gasteiger partial charge in [-0.15, -0.1) is 11.6 Å². The molecule has 0 N–H and O–H groups in total. The van der Waals surface area contributed by atoms with E-state index in [1.807, 2.05) is 0 Å². The summed E-state index contributed by atoms with van der Waals surface area (Å²) in [7, 11) is 0. The molecule has 0 spiro atoms. The minimum absolute atomic E-state index is 0.160. The van der Waals surface area contributed by atoms with Gasteiger partial charge in [0.15, 0.2) is 5.78 Å². The van der Waals surface area contributed by atoms with Crippen LogP contribution in [0.3, 0.4) is 0 Å². The monoisotopic (exact) mass is 290 g/mol. The summed E-state index contributed by atoms with van der Waals surface area (Å²) in [5.41, 5.74) is -3.84. The van der Waals surface area contributed by atoms with Crippen LogP contribution < -0.4 is 0 Å². The molecule has 0 radical (unpaired) electrons. The van der Waals surface area contributed by atoms with Crippen molar-refractivity contribution in [2.75, 3.05) is 5.88 Å². The van der Waals surface area contributed by atoms with Crippen molar-refractivity contribution in [2.45, 2.75) is 12.4 Å². The molecule has 1 nitrogen and oxygen atoms in total. The normalized spacial score (nSPS) is 12.6. The van der Waals surface area contributed by atoms with Gasteiger partial charge in [-0.1, -0.05) is 0 Å². The summed E-state index contributed by atoms with van der Waals surface area (Å²) < 4.78 is 74.5. The van der Waals surface area contributed by atoms with Gasteiger partial charge >= 0.3 is 12.4 Å². The number of alkyl halides is 7. The molecule has 0 aliphatic heterocycles. The fourth-order valence-corrected chi connectivity index (χ4v) is 1.41. The zero-order valence-corrected chi connectivity index (χ0v) is 9.25. The summed E-state index contributed by atoms with van der Waals surface area (Å²) in [5, 5.41) is 0. The fourth-order valence-electron chi connectivity index (χ4n) is 1.27. The SMILES string of the molecule is O=C(CCl)c1cc(C(F)(F)F)ccc1C(F)(F)F. The highest BCUT2D eigenvalue weighted by molar-refractivity contribution is 6.30. The molecule has 0 fully saturated rings. The maximum absolute atomic E-state index is 12.5. The number of rotatable bonds is 2. The average Bonchev–Trinajstić information content (AvgIpc) is 2.24. The van der Waals surface area contributed by atoms with Gasteiger partial charge in [0, 0.05) is 5.56 Å². The van der Waals surface area contributed by atoms with Crippen molar-refractivity contribution in [1.29, 1.82) is 0 Å². The van der Waals surface area contributed by atoms with E-state index in [4.69, 9.17) is 11.6 Å². The van der Waals surface area contributed by atoms with Gasteiger partial charge in [-0.2, -0.15) is 26.3 Å². The first-order chi connectivity index (χ1) is 8.07. The van der Waals surface area contributed by atoms with Gasteiger partial charge in [0.2, 0.25) is 0 Å². The molecular formula is C10H5ClF6O. The maximum atomic E-state index is 12.5. The van der Waals surface area contributed by atoms with Crippen LogP contribution in [-0.2, 0) is 12.4 Å². The average molecular weight is 291 g/mol. The molecule has 0 aliphatic carbocycles. The Morgan fingerprint density at radius 1 is 1.06 bits per heavy atom. The largest absolute Gasteiger partial charge is 0.417 e. The highest BCUT2D eigenvalue weighted by Crippen LogP contribution is 2.36. The van der Waals surface area contributed by atoms with Crippen molar-refractivity contribution < 1.29 is 31.1 Å². The van der Waals surface area contributed by atoms with Crippen LogP contribution in [0.4, 0.5) is 26.3 Å². The van der Waals surface area contributed by atoms with E-state index in [1.165, 1.54) is 0 Å². The van der Waals surface area contributed by atoms with Gasteiger partial charge in [0.25, 0.3) is 0 Å². The van der Waals surface area contributed by atoms with E-state index in [2.05, 4.69) is 0 Å². The summed E-state index contributed by atoms with van der Waals surface area (Å²) in [5.74, 6) is -2.04. The van der Waals surface area contributed by atoms with E-state index >= 15 is 0 Å². The van der Waals surface area contributed by atoms with Crippen LogP contribution in [0.15, 0.2) is 18.2 Å². The van der Waals surface area contributed by atoms with Gasteiger partial charge in [-0.3, -0.25) is 4.79 Å². The van der Waals surface area contributed by atoms with Crippen LogP contribution in [0.2, 0.25) is 0 Å². The van der Waals surface area contributed by atoms with E-state index < -0.39 is 40.7 Å². The molecule has 100 valence electrons. The number of carbonyl (C=O) groups excluding carboxylic acids is 1. The lowest BCUT2D eigenvalue weighted by Crippen LogP contribution is -2.16. The van der Waals surface area contributed by atoms with Crippen molar-refractivity contribution in [3.63, 3.8) is 0 Å². The van der Waals surface area contributed by atoms with Gasteiger partial charge < -0.3 is 0 Å². The van der Waals surface area contributed by atoms with Gasteiger partial charge in [0.1, 0.15) is 0 Å². The quantitative estimate of drug-likeness (QED) is 0.454. The van der Waals surface area contributed by atoms with Crippen molar-refractivity contribution in [1.82, 2.24) is 0 Å². The number of hydrogen-bond donors (Lipinski definition) is 0. The Kier molecular flexibility index (Phi) is 3.95. The number of carbonyl (C=O) groups is 1. The van der Waals surface area contributed by atoms with Crippen LogP contribution in [0.25, 0.3) is 0 Å². The Hall–Kier alpha value is -1.24. The Labute approximate surface area is 102 Å². The molecule has 0 unspecified atom stereocenters. The highest BCUT2D eigenvalue weighted by atomic mass is 35.5. The molecule has 18 heavy (non-hydrogen) atoms. The van der Waals surface area contributed by atoms with Crippen LogP contribution in [0.5, 0.6) is 0 Å². The Morgan fingerprint density at radius 2 is 1.61 bits per heavy atom. The zero-order chi connectivity index (χ0) is 14.1. The van der Waals surface area contributed by atoms with Crippen LogP contribution in [-0.4, -0.2) is 11.7 Å². The molecule has 1 aromatic rings. The molecule has 0 heterocycles. The highest BCUT2D eigenvalue weighted by Gasteiger charge is 2.38. The minimum Gasteiger partial charge on any atom is -0.293 e. The topological polar surface area (TPSA) is 17.1 Å². The third kappa shape index (κ3) is 3.16. The molecular weight excluding hydrogens is 286 g/mol. The molecule has 0 bridgehead atoms. The predicted octanol–water partition coefficient (Wildman–Crippen LogP) is 4.15. The van der Waals surface area contributed by atoms with Crippen molar-refractivity contribution in [3.8, 4) is 0 Å². The number of ketones is 1. The number of hydrogen-bond acceptors (Lipinski definition) is 1. The smallest absolute Gasteiger partial charge is 0.293 e. The second kappa shape index (κ2) is 4.79. The lowest BCUT2D eigenvalue weighted by atomic mass is 10.0. The summed E-state index contributed by atoms with van der Waals surface area (Å²) in [6.45, 7) is 0. The molecule has 1 aromatic carbocycles.